The Bertz CT molecular complexity index is 319. The normalized spacial score (nSPS) is 26.0. The second-order valence-corrected chi connectivity index (χ2v) is 4.86. The molecule has 0 bridgehead atoms. The molecule has 2 aliphatic rings. The van der Waals surface area contributed by atoms with Gasteiger partial charge in [-0.1, -0.05) is 0 Å². The Hall–Kier alpha value is -1.40. The largest absolute Gasteiger partial charge is 0.460 e. The molecular weight excluding hydrogens is 264 g/mol. The summed E-state index contributed by atoms with van der Waals surface area (Å²) in [6.07, 6.45) is 5.92. The zero-order valence-corrected chi connectivity index (χ0v) is 11.4. The van der Waals surface area contributed by atoms with Crippen LogP contribution >= 0.6 is 0 Å². The first-order valence-corrected chi connectivity index (χ1v) is 6.99. The first-order valence-electron chi connectivity index (χ1n) is 6.99. The molecule has 2 saturated heterocycles. The SMILES string of the molecule is O=C(/C=C\C(=O)OCC1CCCO1)OCC1CCCO1. The van der Waals surface area contributed by atoms with Gasteiger partial charge in [0.1, 0.15) is 13.2 Å². The lowest BCUT2D eigenvalue weighted by Gasteiger charge is -2.09. The Kier molecular flexibility index (Phi) is 6.01. The van der Waals surface area contributed by atoms with Crippen LogP contribution in [0.3, 0.4) is 0 Å². The summed E-state index contributed by atoms with van der Waals surface area (Å²) >= 11 is 0. The maximum Gasteiger partial charge on any atom is 0.331 e. The van der Waals surface area contributed by atoms with Gasteiger partial charge < -0.3 is 18.9 Å². The Morgan fingerprint density at radius 3 is 1.70 bits per heavy atom. The minimum atomic E-state index is -0.561. The van der Waals surface area contributed by atoms with E-state index in [1.165, 1.54) is 0 Å². The molecule has 2 fully saturated rings. The van der Waals surface area contributed by atoms with Crippen molar-refractivity contribution in [2.45, 2.75) is 37.9 Å². The number of carbonyl (C=O) groups is 2. The lowest BCUT2D eigenvalue weighted by Crippen LogP contribution is -2.18. The van der Waals surface area contributed by atoms with Gasteiger partial charge in [0, 0.05) is 25.4 Å². The summed E-state index contributed by atoms with van der Waals surface area (Å²) in [4.78, 5) is 22.7. The highest BCUT2D eigenvalue weighted by Crippen LogP contribution is 2.12. The van der Waals surface area contributed by atoms with Crippen LogP contribution in [0.4, 0.5) is 0 Å². The third-order valence-corrected chi connectivity index (χ3v) is 3.23. The third kappa shape index (κ3) is 5.30. The Morgan fingerprint density at radius 1 is 0.900 bits per heavy atom. The Labute approximate surface area is 118 Å². The van der Waals surface area contributed by atoms with Crippen molar-refractivity contribution in [1.82, 2.24) is 0 Å². The number of carbonyl (C=O) groups excluding carboxylic acids is 2. The number of rotatable bonds is 6. The first kappa shape index (κ1) is 15.0. The van der Waals surface area contributed by atoms with Crippen molar-refractivity contribution in [1.29, 1.82) is 0 Å². The summed E-state index contributed by atoms with van der Waals surface area (Å²) in [6, 6.07) is 0. The Balaban J connectivity index is 1.58. The quantitative estimate of drug-likeness (QED) is 0.535. The van der Waals surface area contributed by atoms with Gasteiger partial charge in [0.15, 0.2) is 0 Å². The van der Waals surface area contributed by atoms with Crippen LogP contribution in [-0.2, 0) is 28.5 Å². The van der Waals surface area contributed by atoms with Crippen LogP contribution < -0.4 is 0 Å². The van der Waals surface area contributed by atoms with Gasteiger partial charge in [-0.25, -0.2) is 9.59 Å². The van der Waals surface area contributed by atoms with Gasteiger partial charge in [-0.15, -0.1) is 0 Å². The van der Waals surface area contributed by atoms with Crippen LogP contribution in [0.1, 0.15) is 25.7 Å². The van der Waals surface area contributed by atoms with Gasteiger partial charge in [-0.05, 0) is 25.7 Å². The molecule has 2 rings (SSSR count). The molecule has 6 nitrogen and oxygen atoms in total. The lowest BCUT2D eigenvalue weighted by molar-refractivity contribution is -0.143. The van der Waals surface area contributed by atoms with Crippen molar-refractivity contribution in [2.75, 3.05) is 26.4 Å². The van der Waals surface area contributed by atoms with Crippen molar-refractivity contribution in [3.05, 3.63) is 12.2 Å². The highest BCUT2D eigenvalue weighted by molar-refractivity contribution is 5.91. The summed E-state index contributed by atoms with van der Waals surface area (Å²) in [5.74, 6) is -1.12. The van der Waals surface area contributed by atoms with Gasteiger partial charge in [0.05, 0.1) is 12.2 Å². The molecule has 112 valence electrons. The topological polar surface area (TPSA) is 71.1 Å². The fourth-order valence-corrected chi connectivity index (χ4v) is 2.13. The van der Waals surface area contributed by atoms with Crippen LogP contribution in [0.5, 0.6) is 0 Å². The average Bonchev–Trinajstić information content (AvgIpc) is 3.13. The first-order chi connectivity index (χ1) is 9.74. The molecule has 0 spiro atoms. The van der Waals surface area contributed by atoms with E-state index in [2.05, 4.69) is 0 Å². The van der Waals surface area contributed by atoms with Crippen LogP contribution in [0.15, 0.2) is 12.2 Å². The van der Waals surface area contributed by atoms with E-state index in [1.54, 1.807) is 0 Å². The molecule has 0 aromatic rings. The molecular formula is C14H20O6. The van der Waals surface area contributed by atoms with E-state index in [9.17, 15) is 9.59 Å². The highest BCUT2D eigenvalue weighted by atomic mass is 16.6. The molecule has 0 N–H and O–H groups in total. The summed E-state index contributed by atoms with van der Waals surface area (Å²) < 4.78 is 20.6. The second-order valence-electron chi connectivity index (χ2n) is 4.86. The number of ether oxygens (including phenoxy) is 4. The Morgan fingerprint density at radius 2 is 1.35 bits per heavy atom. The molecule has 0 saturated carbocycles. The van der Waals surface area contributed by atoms with E-state index in [-0.39, 0.29) is 25.4 Å². The second kappa shape index (κ2) is 8.01. The van der Waals surface area contributed by atoms with Crippen molar-refractivity contribution in [2.24, 2.45) is 0 Å². The monoisotopic (exact) mass is 284 g/mol. The third-order valence-electron chi connectivity index (χ3n) is 3.23. The fraction of sp³-hybridized carbons (Fsp3) is 0.714. The summed E-state index contributed by atoms with van der Waals surface area (Å²) in [6.45, 7) is 1.89. The zero-order chi connectivity index (χ0) is 14.2. The predicted molar refractivity (Wildman–Crippen MR) is 69.0 cm³/mol. The van der Waals surface area contributed by atoms with E-state index in [0.29, 0.717) is 13.2 Å². The molecule has 0 aromatic carbocycles. The minimum absolute atomic E-state index is 0.0150. The van der Waals surface area contributed by atoms with Gasteiger partial charge >= 0.3 is 11.9 Å². The smallest absolute Gasteiger partial charge is 0.331 e. The molecule has 0 aromatic heterocycles. The molecule has 6 heteroatoms. The van der Waals surface area contributed by atoms with Gasteiger partial charge in [-0.3, -0.25) is 0 Å². The molecule has 0 amide bonds. The van der Waals surface area contributed by atoms with Crippen molar-refractivity contribution in [3.8, 4) is 0 Å². The summed E-state index contributed by atoms with van der Waals surface area (Å²) in [7, 11) is 0. The van der Waals surface area contributed by atoms with Crippen molar-refractivity contribution >= 4 is 11.9 Å². The predicted octanol–water partition coefficient (Wildman–Crippen LogP) is 0.987. The van der Waals surface area contributed by atoms with Crippen LogP contribution in [0.25, 0.3) is 0 Å². The number of hydrogen-bond acceptors (Lipinski definition) is 6. The number of esters is 2. The molecule has 0 radical (unpaired) electrons. The molecule has 2 heterocycles. The summed E-state index contributed by atoms with van der Waals surface area (Å²) in [5, 5.41) is 0. The molecule has 2 unspecified atom stereocenters. The molecule has 0 aliphatic carbocycles. The van der Waals surface area contributed by atoms with Crippen LogP contribution in [-0.4, -0.2) is 50.6 Å². The van der Waals surface area contributed by atoms with Gasteiger partial charge in [-0.2, -0.15) is 0 Å². The standard InChI is InChI=1S/C14H20O6/c15-13(19-9-11-3-1-7-17-11)5-6-14(16)20-10-12-4-2-8-18-12/h5-6,11-12H,1-4,7-10H2/b6-5-. The maximum atomic E-state index is 11.4. The van der Waals surface area contributed by atoms with E-state index in [4.69, 9.17) is 18.9 Å². The fourth-order valence-electron chi connectivity index (χ4n) is 2.13. The average molecular weight is 284 g/mol. The van der Waals surface area contributed by atoms with Crippen LogP contribution in [0.2, 0.25) is 0 Å². The zero-order valence-electron chi connectivity index (χ0n) is 11.4. The van der Waals surface area contributed by atoms with Crippen molar-refractivity contribution in [3.63, 3.8) is 0 Å². The highest BCUT2D eigenvalue weighted by Gasteiger charge is 2.18. The van der Waals surface area contributed by atoms with E-state index in [1.807, 2.05) is 0 Å². The maximum absolute atomic E-state index is 11.4. The molecule has 2 atom stereocenters. The molecule has 2 aliphatic heterocycles. The molecule has 20 heavy (non-hydrogen) atoms. The van der Waals surface area contributed by atoms with Gasteiger partial charge in [0.2, 0.25) is 0 Å². The summed E-state index contributed by atoms with van der Waals surface area (Å²) in [5.41, 5.74) is 0. The van der Waals surface area contributed by atoms with E-state index in [0.717, 1.165) is 37.8 Å². The number of hydrogen-bond donors (Lipinski definition) is 0. The minimum Gasteiger partial charge on any atom is -0.460 e. The lowest BCUT2D eigenvalue weighted by atomic mass is 10.2. The van der Waals surface area contributed by atoms with E-state index < -0.39 is 11.9 Å². The van der Waals surface area contributed by atoms with Crippen LogP contribution in [0, 0.1) is 0 Å². The van der Waals surface area contributed by atoms with Gasteiger partial charge in [0.25, 0.3) is 0 Å². The van der Waals surface area contributed by atoms with E-state index >= 15 is 0 Å². The van der Waals surface area contributed by atoms with Crippen molar-refractivity contribution < 1.29 is 28.5 Å².